The van der Waals surface area contributed by atoms with Crippen LogP contribution in [0.3, 0.4) is 0 Å². The highest BCUT2D eigenvalue weighted by Crippen LogP contribution is 2.19. The Balaban J connectivity index is 2.68. The average molecular weight is 209 g/mol. The Kier molecular flexibility index (Phi) is 2.06. The summed E-state index contributed by atoms with van der Waals surface area (Å²) in [7, 11) is 0. The molecule has 0 fully saturated rings. The van der Waals surface area contributed by atoms with Crippen LogP contribution < -0.4 is 16.0 Å². The van der Waals surface area contributed by atoms with E-state index in [2.05, 4.69) is 0 Å². The highest BCUT2D eigenvalue weighted by molar-refractivity contribution is 7.19. The van der Waals surface area contributed by atoms with Crippen molar-refractivity contribution < 1.29 is 9.52 Å². The number of fused-ring (bicyclic) bond motifs is 1. The minimum atomic E-state index is -0.568. The number of nitrogens with one attached hydrogen (secondary N) is 1. The number of nitrogens with zero attached hydrogens (tertiary/aromatic N) is 1. The number of rotatable bonds is 1. The van der Waals surface area contributed by atoms with Crippen LogP contribution in [0.25, 0.3) is 10.2 Å². The molecule has 3 N–H and O–H groups in total. The van der Waals surface area contributed by atoms with Gasteiger partial charge in [-0.15, -0.1) is 4.73 Å². The number of thiazole rings is 1. The van der Waals surface area contributed by atoms with Gasteiger partial charge in [0.05, 0.1) is 0 Å². The number of carbonyl (C=O) groups excluding carboxylic acids is 1. The Labute approximate surface area is 83.3 Å². The van der Waals surface area contributed by atoms with Gasteiger partial charge in [0.25, 0.3) is 0 Å². The van der Waals surface area contributed by atoms with Gasteiger partial charge in [-0.25, -0.2) is 5.84 Å². The Hall–Kier alpha value is -1.66. The van der Waals surface area contributed by atoms with Gasteiger partial charge in [0.15, 0.2) is 0 Å². The van der Waals surface area contributed by atoms with E-state index >= 15 is 0 Å². The van der Waals surface area contributed by atoms with Gasteiger partial charge >= 0.3 is 10.9 Å². The lowest BCUT2D eigenvalue weighted by atomic mass is 10.3. The Morgan fingerprint density at radius 3 is 2.86 bits per heavy atom. The normalized spacial score (nSPS) is 10.4. The van der Waals surface area contributed by atoms with Crippen LogP contribution in [-0.4, -0.2) is 5.91 Å². The third-order valence-electron chi connectivity index (χ3n) is 1.80. The molecular formula is C8H7N3O2S. The van der Waals surface area contributed by atoms with Crippen LogP contribution in [0.1, 0.15) is 9.80 Å². The fourth-order valence-corrected chi connectivity index (χ4v) is 2.11. The van der Waals surface area contributed by atoms with Crippen LogP contribution in [-0.2, 0) is 0 Å². The molecule has 2 aromatic rings. The van der Waals surface area contributed by atoms with Crippen molar-refractivity contribution in [3.05, 3.63) is 34.5 Å². The summed E-state index contributed by atoms with van der Waals surface area (Å²) >= 11 is 1.11. The van der Waals surface area contributed by atoms with Gasteiger partial charge in [0.2, 0.25) is 5.52 Å². The average Bonchev–Trinajstić information content (AvgIpc) is 2.56. The number of para-hydroxylation sites is 1. The molecule has 0 bridgehead atoms. The van der Waals surface area contributed by atoms with Crippen LogP contribution in [0.5, 0.6) is 0 Å². The summed E-state index contributed by atoms with van der Waals surface area (Å²) in [6, 6.07) is 6.99. The summed E-state index contributed by atoms with van der Waals surface area (Å²) in [6.07, 6.45) is 0. The molecule has 0 saturated heterocycles. The van der Waals surface area contributed by atoms with Gasteiger partial charge in [-0.05, 0) is 6.07 Å². The zero-order valence-corrected chi connectivity index (χ0v) is 7.88. The predicted octanol–water partition coefficient (Wildman–Crippen LogP) is 0.138. The first-order chi connectivity index (χ1) is 6.74. The molecule has 0 aliphatic carbocycles. The number of hydrazine groups is 1. The molecule has 0 spiro atoms. The van der Waals surface area contributed by atoms with E-state index in [9.17, 15) is 10.0 Å². The lowest BCUT2D eigenvalue weighted by Gasteiger charge is -1.95. The maximum atomic E-state index is 11.5. The van der Waals surface area contributed by atoms with Crippen LogP contribution in [0.4, 0.5) is 0 Å². The molecule has 0 saturated carbocycles. The fraction of sp³-hybridized carbons (Fsp3) is 0. The predicted molar refractivity (Wildman–Crippen MR) is 52.4 cm³/mol. The maximum Gasteiger partial charge on any atom is 0.342 e. The number of aromatic nitrogens is 1. The third-order valence-corrected chi connectivity index (χ3v) is 2.91. The molecule has 1 aromatic carbocycles. The van der Waals surface area contributed by atoms with Crippen LogP contribution in [0, 0.1) is 5.21 Å². The van der Waals surface area contributed by atoms with E-state index < -0.39 is 5.91 Å². The van der Waals surface area contributed by atoms with E-state index in [1.807, 2.05) is 11.5 Å². The van der Waals surface area contributed by atoms with E-state index in [0.29, 0.717) is 10.2 Å². The van der Waals surface area contributed by atoms with Crippen molar-refractivity contribution in [1.29, 1.82) is 0 Å². The highest BCUT2D eigenvalue weighted by atomic mass is 32.1. The lowest BCUT2D eigenvalue weighted by Crippen LogP contribution is -2.39. The van der Waals surface area contributed by atoms with Crippen molar-refractivity contribution in [3.63, 3.8) is 0 Å². The number of nitrogen functional groups attached to an aromatic ring is 1. The number of amides is 1. The topological polar surface area (TPSA) is 82.1 Å². The minimum absolute atomic E-state index is 0.0497. The van der Waals surface area contributed by atoms with Crippen molar-refractivity contribution in [2.75, 3.05) is 0 Å². The van der Waals surface area contributed by atoms with Gasteiger partial charge in [0, 0.05) is 6.07 Å². The summed E-state index contributed by atoms with van der Waals surface area (Å²) in [4.78, 5) is 11.2. The second-order valence-corrected chi connectivity index (χ2v) is 3.67. The molecular weight excluding hydrogens is 202 g/mol. The van der Waals surface area contributed by atoms with Crippen molar-refractivity contribution in [3.8, 4) is 0 Å². The molecule has 5 nitrogen and oxygen atoms in total. The second kappa shape index (κ2) is 3.24. The van der Waals surface area contributed by atoms with E-state index in [0.717, 1.165) is 16.0 Å². The summed E-state index contributed by atoms with van der Waals surface area (Å²) in [6.45, 7) is 0. The lowest BCUT2D eigenvalue weighted by molar-refractivity contribution is -0.574. The summed E-state index contributed by atoms with van der Waals surface area (Å²) in [5, 5.41) is 11.6. The molecule has 2 rings (SSSR count). The first kappa shape index (κ1) is 8.92. The number of nitrogens with two attached hydrogens (primary N) is 1. The Morgan fingerprint density at radius 2 is 2.21 bits per heavy atom. The number of hydrogen-bond donors (Lipinski definition) is 2. The molecule has 1 heterocycles. The largest absolute Gasteiger partial charge is 0.617 e. The second-order valence-electron chi connectivity index (χ2n) is 2.64. The smallest absolute Gasteiger partial charge is 0.342 e. The van der Waals surface area contributed by atoms with Gasteiger partial charge in [-0.3, -0.25) is 10.2 Å². The molecule has 0 atom stereocenters. The zero-order valence-electron chi connectivity index (χ0n) is 7.06. The van der Waals surface area contributed by atoms with Crippen molar-refractivity contribution in [2.24, 2.45) is 5.84 Å². The molecule has 0 radical (unpaired) electrons. The SMILES string of the molecule is NNC(=O)c1sc2ccccc2[n+]1[O-]. The van der Waals surface area contributed by atoms with Crippen molar-refractivity contribution >= 4 is 27.5 Å². The Bertz CT molecular complexity index is 494. The highest BCUT2D eigenvalue weighted by Gasteiger charge is 2.21. The molecule has 0 aliphatic heterocycles. The molecule has 1 aromatic heterocycles. The molecule has 1 amide bonds. The first-order valence-electron chi connectivity index (χ1n) is 3.86. The summed E-state index contributed by atoms with van der Waals surface area (Å²) in [5.41, 5.74) is 2.42. The number of benzene rings is 1. The van der Waals surface area contributed by atoms with Gasteiger partial charge in [0.1, 0.15) is 4.70 Å². The Morgan fingerprint density at radius 1 is 1.50 bits per heavy atom. The minimum Gasteiger partial charge on any atom is -0.617 e. The van der Waals surface area contributed by atoms with Crippen LogP contribution >= 0.6 is 11.3 Å². The van der Waals surface area contributed by atoms with E-state index in [4.69, 9.17) is 5.84 Å². The van der Waals surface area contributed by atoms with Gasteiger partial charge in [-0.2, -0.15) is 0 Å². The van der Waals surface area contributed by atoms with E-state index in [-0.39, 0.29) is 5.01 Å². The number of carbonyl (C=O) groups is 1. The molecule has 6 heteroatoms. The van der Waals surface area contributed by atoms with Crippen LogP contribution in [0.2, 0.25) is 0 Å². The van der Waals surface area contributed by atoms with E-state index in [1.165, 1.54) is 0 Å². The molecule has 14 heavy (non-hydrogen) atoms. The molecule has 72 valence electrons. The van der Waals surface area contributed by atoms with Crippen molar-refractivity contribution in [2.45, 2.75) is 0 Å². The fourth-order valence-electron chi connectivity index (χ4n) is 1.17. The number of hydrogen-bond acceptors (Lipinski definition) is 4. The van der Waals surface area contributed by atoms with Gasteiger partial charge < -0.3 is 5.21 Å². The molecule has 0 unspecified atom stereocenters. The standard InChI is InChI=1S/C8H7N3O2S/c9-10-7(12)8-11(13)5-3-1-2-4-6(5)14-8/h1-4H,9H2,(H,10,12). The van der Waals surface area contributed by atoms with E-state index in [1.54, 1.807) is 18.2 Å². The summed E-state index contributed by atoms with van der Waals surface area (Å²) < 4.78 is 1.35. The van der Waals surface area contributed by atoms with Crippen molar-refractivity contribution in [1.82, 2.24) is 5.43 Å². The first-order valence-corrected chi connectivity index (χ1v) is 4.67. The monoisotopic (exact) mass is 209 g/mol. The molecule has 0 aliphatic rings. The summed E-state index contributed by atoms with van der Waals surface area (Å²) in [5.74, 6) is 4.38. The third kappa shape index (κ3) is 1.21. The maximum absolute atomic E-state index is 11.5. The zero-order chi connectivity index (χ0) is 10.1. The van der Waals surface area contributed by atoms with Gasteiger partial charge in [-0.1, -0.05) is 23.5 Å². The quantitative estimate of drug-likeness (QED) is 0.230. The van der Waals surface area contributed by atoms with Crippen LogP contribution in [0.15, 0.2) is 24.3 Å².